The van der Waals surface area contributed by atoms with Crippen LogP contribution < -0.4 is 10.1 Å². The Morgan fingerprint density at radius 2 is 2.23 bits per heavy atom. The van der Waals surface area contributed by atoms with Gasteiger partial charge in [0.15, 0.2) is 5.82 Å². The van der Waals surface area contributed by atoms with Crippen LogP contribution in [0, 0.1) is 0 Å². The van der Waals surface area contributed by atoms with E-state index in [0.29, 0.717) is 36.2 Å². The Balaban J connectivity index is 1.96. The molecule has 0 fully saturated rings. The summed E-state index contributed by atoms with van der Waals surface area (Å²) in [6, 6.07) is 2.85. The third-order valence-electron chi connectivity index (χ3n) is 2.94. The van der Waals surface area contributed by atoms with Crippen molar-refractivity contribution in [3.63, 3.8) is 0 Å². The molecule has 2 aromatic heterocycles. The molecule has 0 saturated carbocycles. The van der Waals surface area contributed by atoms with Crippen molar-refractivity contribution >= 4 is 5.91 Å². The molecule has 1 amide bonds. The standard InChI is InChI=1S/C14H18N4O4/c1-9(14-17-11(18-22-14)6-7-20-2)16-13(19)10-4-5-12(21-3)15-8-10/h4-5,8-9H,6-7H2,1-3H3,(H,16,19). The highest BCUT2D eigenvalue weighted by Crippen LogP contribution is 2.12. The molecule has 1 N–H and O–H groups in total. The predicted octanol–water partition coefficient (Wildman–Crippen LogP) is 1.15. The van der Waals surface area contributed by atoms with Crippen molar-refractivity contribution in [2.75, 3.05) is 20.8 Å². The molecule has 0 aliphatic carbocycles. The van der Waals surface area contributed by atoms with Crippen LogP contribution in [-0.4, -0.2) is 41.9 Å². The smallest absolute Gasteiger partial charge is 0.253 e. The Morgan fingerprint density at radius 1 is 1.41 bits per heavy atom. The summed E-state index contributed by atoms with van der Waals surface area (Å²) < 4.78 is 15.0. The van der Waals surface area contributed by atoms with E-state index in [9.17, 15) is 4.79 Å². The van der Waals surface area contributed by atoms with Crippen LogP contribution in [0.5, 0.6) is 5.88 Å². The molecule has 1 unspecified atom stereocenters. The lowest BCUT2D eigenvalue weighted by atomic mass is 10.2. The molecule has 0 radical (unpaired) electrons. The van der Waals surface area contributed by atoms with Crippen molar-refractivity contribution in [2.24, 2.45) is 0 Å². The van der Waals surface area contributed by atoms with Crippen molar-refractivity contribution < 1.29 is 18.8 Å². The second-order valence-corrected chi connectivity index (χ2v) is 4.58. The van der Waals surface area contributed by atoms with E-state index in [2.05, 4.69) is 20.4 Å². The lowest BCUT2D eigenvalue weighted by Gasteiger charge is -2.09. The predicted molar refractivity (Wildman–Crippen MR) is 76.5 cm³/mol. The van der Waals surface area contributed by atoms with Crippen LogP contribution >= 0.6 is 0 Å². The maximum atomic E-state index is 12.1. The SMILES string of the molecule is COCCc1noc(C(C)NC(=O)c2ccc(OC)nc2)n1. The molecule has 0 aliphatic rings. The Kier molecular flexibility index (Phi) is 5.42. The summed E-state index contributed by atoms with van der Waals surface area (Å²) in [7, 11) is 3.12. The van der Waals surface area contributed by atoms with Gasteiger partial charge in [0, 0.05) is 25.8 Å². The number of carbonyl (C=O) groups is 1. The minimum atomic E-state index is -0.404. The van der Waals surface area contributed by atoms with Gasteiger partial charge in [-0.1, -0.05) is 5.16 Å². The third kappa shape index (κ3) is 4.01. The Labute approximate surface area is 127 Å². The molecule has 0 spiro atoms. The van der Waals surface area contributed by atoms with Crippen LogP contribution in [0.4, 0.5) is 0 Å². The largest absolute Gasteiger partial charge is 0.481 e. The minimum Gasteiger partial charge on any atom is -0.481 e. The average molecular weight is 306 g/mol. The summed E-state index contributed by atoms with van der Waals surface area (Å²) in [6.45, 7) is 2.28. The summed E-state index contributed by atoms with van der Waals surface area (Å²) in [6.07, 6.45) is 2.00. The second kappa shape index (κ2) is 7.51. The molecule has 0 bridgehead atoms. The molecular weight excluding hydrogens is 288 g/mol. The zero-order valence-electron chi connectivity index (χ0n) is 12.7. The van der Waals surface area contributed by atoms with Crippen LogP contribution in [-0.2, 0) is 11.2 Å². The number of rotatable bonds is 7. The van der Waals surface area contributed by atoms with Gasteiger partial charge in [-0.25, -0.2) is 4.98 Å². The van der Waals surface area contributed by atoms with Crippen LogP contribution in [0.15, 0.2) is 22.9 Å². The number of nitrogens with one attached hydrogen (secondary N) is 1. The Morgan fingerprint density at radius 3 is 2.86 bits per heavy atom. The van der Waals surface area contributed by atoms with E-state index < -0.39 is 6.04 Å². The van der Waals surface area contributed by atoms with Crippen LogP contribution in [0.25, 0.3) is 0 Å². The highest BCUT2D eigenvalue weighted by atomic mass is 16.5. The number of pyridine rings is 1. The third-order valence-corrected chi connectivity index (χ3v) is 2.94. The molecule has 8 heteroatoms. The zero-order valence-corrected chi connectivity index (χ0v) is 12.7. The first-order valence-electron chi connectivity index (χ1n) is 6.76. The lowest BCUT2D eigenvalue weighted by Crippen LogP contribution is -2.27. The molecule has 0 aromatic carbocycles. The first-order valence-corrected chi connectivity index (χ1v) is 6.76. The van der Waals surface area contributed by atoms with Crippen molar-refractivity contribution in [3.05, 3.63) is 35.6 Å². The van der Waals surface area contributed by atoms with Crippen molar-refractivity contribution in [1.29, 1.82) is 0 Å². The van der Waals surface area contributed by atoms with Gasteiger partial charge in [0.05, 0.1) is 19.3 Å². The number of methoxy groups -OCH3 is 2. The molecule has 2 rings (SSSR count). The summed E-state index contributed by atoms with van der Waals surface area (Å²) in [5.74, 6) is 1.06. The van der Waals surface area contributed by atoms with E-state index in [1.807, 2.05) is 0 Å². The lowest BCUT2D eigenvalue weighted by molar-refractivity contribution is 0.0932. The van der Waals surface area contributed by atoms with Gasteiger partial charge in [0.25, 0.3) is 5.91 Å². The van der Waals surface area contributed by atoms with E-state index in [1.54, 1.807) is 26.2 Å². The maximum absolute atomic E-state index is 12.1. The molecule has 22 heavy (non-hydrogen) atoms. The molecule has 2 heterocycles. The highest BCUT2D eigenvalue weighted by molar-refractivity contribution is 5.94. The van der Waals surface area contributed by atoms with Crippen LogP contribution in [0.1, 0.15) is 35.0 Å². The second-order valence-electron chi connectivity index (χ2n) is 4.58. The molecule has 2 aromatic rings. The molecule has 118 valence electrons. The first-order chi connectivity index (χ1) is 10.6. The van der Waals surface area contributed by atoms with Crippen molar-refractivity contribution in [2.45, 2.75) is 19.4 Å². The van der Waals surface area contributed by atoms with Crippen LogP contribution in [0.2, 0.25) is 0 Å². The van der Waals surface area contributed by atoms with Gasteiger partial charge in [-0.05, 0) is 13.0 Å². The van der Waals surface area contributed by atoms with Crippen molar-refractivity contribution in [1.82, 2.24) is 20.4 Å². The monoisotopic (exact) mass is 306 g/mol. The number of amides is 1. The maximum Gasteiger partial charge on any atom is 0.253 e. The quantitative estimate of drug-likeness (QED) is 0.819. The molecule has 0 aliphatic heterocycles. The molecule has 1 atom stereocenters. The summed E-state index contributed by atoms with van der Waals surface area (Å²) >= 11 is 0. The Bertz CT molecular complexity index is 612. The molecule has 8 nitrogen and oxygen atoms in total. The van der Waals surface area contributed by atoms with Gasteiger partial charge in [-0.2, -0.15) is 4.98 Å². The number of nitrogens with zero attached hydrogens (tertiary/aromatic N) is 3. The topological polar surface area (TPSA) is 99.4 Å². The number of ether oxygens (including phenoxy) is 2. The number of aromatic nitrogens is 3. The Hall–Kier alpha value is -2.48. The van der Waals surface area contributed by atoms with E-state index in [-0.39, 0.29) is 5.91 Å². The number of hydrogen-bond donors (Lipinski definition) is 1. The van der Waals surface area contributed by atoms with E-state index in [0.717, 1.165) is 0 Å². The fraction of sp³-hybridized carbons (Fsp3) is 0.429. The summed E-state index contributed by atoms with van der Waals surface area (Å²) in [5, 5.41) is 6.60. The first kappa shape index (κ1) is 15.9. The van der Waals surface area contributed by atoms with Crippen LogP contribution in [0.3, 0.4) is 0 Å². The molecular formula is C14H18N4O4. The van der Waals surface area contributed by atoms with Crippen molar-refractivity contribution in [3.8, 4) is 5.88 Å². The minimum absolute atomic E-state index is 0.278. The number of carbonyl (C=O) groups excluding carboxylic acids is 1. The fourth-order valence-corrected chi connectivity index (χ4v) is 1.72. The van der Waals surface area contributed by atoms with Gasteiger partial charge in [0.1, 0.15) is 6.04 Å². The average Bonchev–Trinajstić information content (AvgIpc) is 3.02. The normalized spacial score (nSPS) is 12.0. The fourth-order valence-electron chi connectivity index (χ4n) is 1.72. The van der Waals surface area contributed by atoms with Gasteiger partial charge >= 0.3 is 0 Å². The summed E-state index contributed by atoms with van der Waals surface area (Å²) in [5.41, 5.74) is 0.423. The van der Waals surface area contributed by atoms with E-state index in [1.165, 1.54) is 13.3 Å². The van der Waals surface area contributed by atoms with E-state index in [4.69, 9.17) is 14.0 Å². The summed E-state index contributed by atoms with van der Waals surface area (Å²) in [4.78, 5) is 20.3. The zero-order chi connectivity index (χ0) is 15.9. The molecule has 0 saturated heterocycles. The van der Waals surface area contributed by atoms with Gasteiger partial charge < -0.3 is 19.3 Å². The van der Waals surface area contributed by atoms with Gasteiger partial charge in [-0.3, -0.25) is 4.79 Å². The van der Waals surface area contributed by atoms with Gasteiger partial charge in [-0.15, -0.1) is 0 Å². The highest BCUT2D eigenvalue weighted by Gasteiger charge is 2.17. The van der Waals surface area contributed by atoms with Gasteiger partial charge in [0.2, 0.25) is 11.8 Å². The number of hydrogen-bond acceptors (Lipinski definition) is 7. The van der Waals surface area contributed by atoms with E-state index >= 15 is 0 Å².